The van der Waals surface area contributed by atoms with E-state index in [4.69, 9.17) is 4.74 Å². The van der Waals surface area contributed by atoms with Crippen molar-refractivity contribution in [2.45, 2.75) is 25.9 Å². The van der Waals surface area contributed by atoms with Gasteiger partial charge in [0, 0.05) is 0 Å². The van der Waals surface area contributed by atoms with Crippen LogP contribution < -0.4 is 4.74 Å². The molecule has 1 aromatic rings. The van der Waals surface area contributed by atoms with Gasteiger partial charge in [0.25, 0.3) is 0 Å². The number of aryl methyl sites for hydroxylation is 1. The summed E-state index contributed by atoms with van der Waals surface area (Å²) < 4.78 is 9.81. The highest BCUT2D eigenvalue weighted by Crippen LogP contribution is 2.15. The summed E-state index contributed by atoms with van der Waals surface area (Å²) in [6.45, 7) is 3.29. The molecule has 17 heavy (non-hydrogen) atoms. The normalized spacial score (nSPS) is 13.9. The van der Waals surface area contributed by atoms with Gasteiger partial charge in [0.05, 0.1) is 7.11 Å². The lowest BCUT2D eigenvalue weighted by molar-refractivity contribution is -0.163. The fourth-order valence-electron chi connectivity index (χ4n) is 1.32. The highest BCUT2D eigenvalue weighted by molar-refractivity contribution is 5.78. The average molecular weight is 238 g/mol. The maximum absolute atomic E-state index is 11.2. The monoisotopic (exact) mass is 238 g/mol. The van der Waals surface area contributed by atoms with Gasteiger partial charge in [-0.15, -0.1) is 0 Å². The maximum Gasteiger partial charge on any atom is 0.341 e. The Labute approximate surface area is 101 Å². The number of aliphatic hydroxyl groups is 1. The molecule has 0 saturated carbocycles. The second kappa shape index (κ2) is 5.68. The molecular formula is C13H18O4. The fraction of sp³-hybridized carbons (Fsp3) is 0.462. The third-order valence-electron chi connectivity index (χ3n) is 2.48. The predicted octanol–water partition coefficient (Wildman–Crippen LogP) is 1.55. The van der Waals surface area contributed by atoms with Crippen LogP contribution in [0.15, 0.2) is 24.3 Å². The van der Waals surface area contributed by atoms with E-state index in [2.05, 4.69) is 11.7 Å². The van der Waals surface area contributed by atoms with Crippen molar-refractivity contribution in [3.63, 3.8) is 0 Å². The van der Waals surface area contributed by atoms with Gasteiger partial charge in [-0.3, -0.25) is 0 Å². The van der Waals surface area contributed by atoms with Crippen LogP contribution in [0.4, 0.5) is 0 Å². The van der Waals surface area contributed by atoms with Crippen LogP contribution in [-0.2, 0) is 16.0 Å². The van der Waals surface area contributed by atoms with Gasteiger partial charge in [0.1, 0.15) is 12.4 Å². The van der Waals surface area contributed by atoms with E-state index < -0.39 is 11.6 Å². The van der Waals surface area contributed by atoms with Crippen LogP contribution in [0.1, 0.15) is 19.4 Å². The van der Waals surface area contributed by atoms with E-state index in [1.54, 1.807) is 0 Å². The SMILES string of the molecule is CCc1ccc(OCC(C)(O)C(=O)OC)cc1. The smallest absolute Gasteiger partial charge is 0.341 e. The van der Waals surface area contributed by atoms with Gasteiger partial charge in [0.2, 0.25) is 0 Å². The van der Waals surface area contributed by atoms with E-state index in [-0.39, 0.29) is 6.61 Å². The first-order valence-corrected chi connectivity index (χ1v) is 5.52. The summed E-state index contributed by atoms with van der Waals surface area (Å²) in [4.78, 5) is 11.2. The zero-order valence-corrected chi connectivity index (χ0v) is 10.4. The van der Waals surface area contributed by atoms with Crippen LogP contribution in [0.2, 0.25) is 0 Å². The van der Waals surface area contributed by atoms with Crippen molar-refractivity contribution in [3.8, 4) is 5.75 Å². The quantitative estimate of drug-likeness (QED) is 0.791. The third kappa shape index (κ3) is 3.75. The molecule has 1 atom stereocenters. The van der Waals surface area contributed by atoms with Crippen molar-refractivity contribution < 1.29 is 19.4 Å². The molecule has 4 nitrogen and oxygen atoms in total. The van der Waals surface area contributed by atoms with Crippen LogP contribution in [0.25, 0.3) is 0 Å². The summed E-state index contributed by atoms with van der Waals surface area (Å²) in [5, 5.41) is 9.75. The van der Waals surface area contributed by atoms with Gasteiger partial charge in [-0.25, -0.2) is 4.79 Å². The van der Waals surface area contributed by atoms with Gasteiger partial charge >= 0.3 is 5.97 Å². The number of carbonyl (C=O) groups is 1. The van der Waals surface area contributed by atoms with Crippen molar-refractivity contribution in [1.82, 2.24) is 0 Å². The Morgan fingerprint density at radius 3 is 2.41 bits per heavy atom. The molecule has 0 aliphatic carbocycles. The Morgan fingerprint density at radius 1 is 1.35 bits per heavy atom. The molecule has 0 spiro atoms. The molecule has 1 unspecified atom stereocenters. The van der Waals surface area contributed by atoms with Gasteiger partial charge in [0.15, 0.2) is 5.60 Å². The molecular weight excluding hydrogens is 220 g/mol. The first-order chi connectivity index (χ1) is 7.99. The summed E-state index contributed by atoms with van der Waals surface area (Å²) in [5.41, 5.74) is -0.421. The standard InChI is InChI=1S/C13H18O4/c1-4-10-5-7-11(8-6-10)17-9-13(2,15)12(14)16-3/h5-8,15H,4,9H2,1-3H3. The average Bonchev–Trinajstić information content (AvgIpc) is 2.36. The van der Waals surface area contributed by atoms with Crippen LogP contribution in [-0.4, -0.2) is 30.4 Å². The fourth-order valence-corrected chi connectivity index (χ4v) is 1.32. The minimum absolute atomic E-state index is 0.134. The van der Waals surface area contributed by atoms with Crippen molar-refractivity contribution in [2.75, 3.05) is 13.7 Å². The second-order valence-electron chi connectivity index (χ2n) is 4.05. The Bertz CT molecular complexity index is 368. The number of rotatable bonds is 5. The molecule has 1 rings (SSSR count). The Hall–Kier alpha value is -1.55. The number of hydrogen-bond donors (Lipinski definition) is 1. The van der Waals surface area contributed by atoms with Crippen molar-refractivity contribution in [2.24, 2.45) is 0 Å². The molecule has 0 amide bonds. The number of ether oxygens (including phenoxy) is 2. The molecule has 0 aromatic heterocycles. The molecule has 4 heteroatoms. The van der Waals surface area contributed by atoms with Crippen molar-refractivity contribution in [1.29, 1.82) is 0 Å². The van der Waals surface area contributed by atoms with E-state index in [1.165, 1.54) is 19.6 Å². The van der Waals surface area contributed by atoms with Crippen LogP contribution in [0.3, 0.4) is 0 Å². The first-order valence-electron chi connectivity index (χ1n) is 5.52. The first kappa shape index (κ1) is 13.5. The van der Waals surface area contributed by atoms with Crippen LogP contribution in [0, 0.1) is 0 Å². The van der Waals surface area contributed by atoms with E-state index >= 15 is 0 Å². The van der Waals surface area contributed by atoms with Crippen molar-refractivity contribution in [3.05, 3.63) is 29.8 Å². The Kier molecular flexibility index (Phi) is 4.52. The second-order valence-corrected chi connectivity index (χ2v) is 4.05. The highest BCUT2D eigenvalue weighted by Gasteiger charge is 2.32. The maximum atomic E-state index is 11.2. The lowest BCUT2D eigenvalue weighted by Gasteiger charge is -2.20. The number of benzene rings is 1. The molecule has 0 aliphatic heterocycles. The number of carbonyl (C=O) groups excluding carboxylic acids is 1. The van der Waals surface area contributed by atoms with E-state index in [9.17, 15) is 9.90 Å². The largest absolute Gasteiger partial charge is 0.490 e. The minimum atomic E-state index is -1.63. The molecule has 1 N–H and O–H groups in total. The lowest BCUT2D eigenvalue weighted by Crippen LogP contribution is -2.42. The molecule has 0 radical (unpaired) electrons. The topological polar surface area (TPSA) is 55.8 Å². The molecule has 0 saturated heterocycles. The molecule has 1 aromatic carbocycles. The van der Waals surface area contributed by atoms with Gasteiger partial charge in [-0.2, -0.15) is 0 Å². The summed E-state index contributed by atoms with van der Waals surface area (Å²) in [7, 11) is 1.23. The molecule has 0 bridgehead atoms. The van der Waals surface area contributed by atoms with E-state index in [1.807, 2.05) is 24.3 Å². The molecule has 0 aliphatic rings. The van der Waals surface area contributed by atoms with Crippen LogP contribution in [0.5, 0.6) is 5.75 Å². The lowest BCUT2D eigenvalue weighted by atomic mass is 10.1. The number of methoxy groups -OCH3 is 1. The zero-order valence-electron chi connectivity index (χ0n) is 10.4. The summed E-state index contributed by atoms with van der Waals surface area (Å²) in [6, 6.07) is 7.52. The summed E-state index contributed by atoms with van der Waals surface area (Å²) in [5.74, 6) is -0.0888. The van der Waals surface area contributed by atoms with Gasteiger partial charge in [-0.05, 0) is 31.0 Å². The molecule has 0 fully saturated rings. The number of hydrogen-bond acceptors (Lipinski definition) is 4. The highest BCUT2D eigenvalue weighted by atomic mass is 16.6. The van der Waals surface area contributed by atoms with E-state index in [0.717, 1.165) is 6.42 Å². The van der Waals surface area contributed by atoms with Gasteiger partial charge in [-0.1, -0.05) is 19.1 Å². The minimum Gasteiger partial charge on any atom is -0.490 e. The Balaban J connectivity index is 2.57. The molecule has 0 heterocycles. The van der Waals surface area contributed by atoms with Crippen LogP contribution >= 0.6 is 0 Å². The van der Waals surface area contributed by atoms with Gasteiger partial charge < -0.3 is 14.6 Å². The predicted molar refractivity (Wildman–Crippen MR) is 64.0 cm³/mol. The zero-order chi connectivity index (χ0) is 12.9. The Morgan fingerprint density at radius 2 is 1.94 bits per heavy atom. The third-order valence-corrected chi connectivity index (χ3v) is 2.48. The molecule has 94 valence electrons. The van der Waals surface area contributed by atoms with Crippen molar-refractivity contribution >= 4 is 5.97 Å². The van der Waals surface area contributed by atoms with E-state index in [0.29, 0.717) is 5.75 Å². The number of esters is 1. The summed E-state index contributed by atoms with van der Waals surface area (Å²) >= 11 is 0. The summed E-state index contributed by atoms with van der Waals surface area (Å²) in [6.07, 6.45) is 0.958.